The fourth-order valence-electron chi connectivity index (χ4n) is 1.25. The highest BCUT2D eigenvalue weighted by molar-refractivity contribution is 5.05. The van der Waals surface area contributed by atoms with Crippen LogP contribution < -0.4 is 0 Å². The van der Waals surface area contributed by atoms with Gasteiger partial charge >= 0.3 is 0 Å². The molecule has 0 radical (unpaired) electrons. The van der Waals surface area contributed by atoms with E-state index in [1.807, 2.05) is 0 Å². The quantitative estimate of drug-likeness (QED) is 0.508. The zero-order valence-corrected chi connectivity index (χ0v) is 6.89. The van der Waals surface area contributed by atoms with Crippen LogP contribution in [0.25, 0.3) is 0 Å². The second-order valence-electron chi connectivity index (χ2n) is 3.08. The summed E-state index contributed by atoms with van der Waals surface area (Å²) in [5, 5.41) is 0. The SMILES string of the molecule is CC(C)C1=CCCOCC1. The maximum atomic E-state index is 5.32. The summed E-state index contributed by atoms with van der Waals surface area (Å²) < 4.78 is 5.32. The Balaban J connectivity index is 2.46. The lowest BCUT2D eigenvalue weighted by Crippen LogP contribution is -1.96. The van der Waals surface area contributed by atoms with Crippen LogP contribution in [0.15, 0.2) is 11.6 Å². The van der Waals surface area contributed by atoms with E-state index in [4.69, 9.17) is 4.74 Å². The standard InChI is InChI=1S/C9H16O/c1-8(2)9-4-3-6-10-7-5-9/h4,8H,3,5-7H2,1-2H3. The Morgan fingerprint density at radius 3 is 2.90 bits per heavy atom. The van der Waals surface area contributed by atoms with Crippen LogP contribution in [-0.2, 0) is 4.74 Å². The molecule has 0 unspecified atom stereocenters. The van der Waals surface area contributed by atoms with Crippen molar-refractivity contribution in [3.8, 4) is 0 Å². The molecule has 0 amide bonds. The molecule has 0 N–H and O–H groups in total. The van der Waals surface area contributed by atoms with Crippen LogP contribution in [-0.4, -0.2) is 13.2 Å². The summed E-state index contributed by atoms with van der Waals surface area (Å²) in [5.74, 6) is 0.710. The van der Waals surface area contributed by atoms with Gasteiger partial charge in [-0.25, -0.2) is 0 Å². The van der Waals surface area contributed by atoms with E-state index in [9.17, 15) is 0 Å². The molecule has 1 aliphatic rings. The third-order valence-electron chi connectivity index (χ3n) is 1.95. The van der Waals surface area contributed by atoms with Gasteiger partial charge in [0, 0.05) is 0 Å². The van der Waals surface area contributed by atoms with E-state index in [0.29, 0.717) is 5.92 Å². The second-order valence-corrected chi connectivity index (χ2v) is 3.08. The van der Waals surface area contributed by atoms with Gasteiger partial charge in [-0.1, -0.05) is 25.5 Å². The predicted octanol–water partition coefficient (Wildman–Crippen LogP) is 2.38. The molecule has 0 spiro atoms. The molecule has 1 nitrogen and oxygen atoms in total. The molecule has 0 aromatic rings. The normalized spacial score (nSPS) is 20.5. The molecule has 0 atom stereocenters. The van der Waals surface area contributed by atoms with Gasteiger partial charge in [0.1, 0.15) is 0 Å². The Morgan fingerprint density at radius 2 is 2.20 bits per heavy atom. The molecular weight excluding hydrogens is 124 g/mol. The van der Waals surface area contributed by atoms with E-state index in [1.165, 1.54) is 0 Å². The van der Waals surface area contributed by atoms with Gasteiger partial charge in [-0.15, -0.1) is 0 Å². The van der Waals surface area contributed by atoms with Crippen molar-refractivity contribution in [3.05, 3.63) is 11.6 Å². The van der Waals surface area contributed by atoms with Crippen LogP contribution >= 0.6 is 0 Å². The summed E-state index contributed by atoms with van der Waals surface area (Å²) in [6.45, 7) is 6.33. The molecule has 0 fully saturated rings. The molecule has 1 aliphatic heterocycles. The molecule has 1 heterocycles. The van der Waals surface area contributed by atoms with Crippen molar-refractivity contribution < 1.29 is 4.74 Å². The average Bonchev–Trinajstić information content (AvgIpc) is 2.12. The molecule has 1 heteroatoms. The van der Waals surface area contributed by atoms with Crippen LogP contribution in [0.5, 0.6) is 0 Å². The van der Waals surface area contributed by atoms with Gasteiger partial charge in [0.2, 0.25) is 0 Å². The minimum Gasteiger partial charge on any atom is -0.381 e. The fraction of sp³-hybridized carbons (Fsp3) is 0.778. The third kappa shape index (κ3) is 2.14. The molecule has 58 valence electrons. The second kappa shape index (κ2) is 3.77. The first kappa shape index (κ1) is 7.80. The maximum Gasteiger partial charge on any atom is 0.0503 e. The summed E-state index contributed by atoms with van der Waals surface area (Å²) in [4.78, 5) is 0. The van der Waals surface area contributed by atoms with Crippen LogP contribution in [0.4, 0.5) is 0 Å². The first-order chi connectivity index (χ1) is 4.80. The maximum absolute atomic E-state index is 5.32. The lowest BCUT2D eigenvalue weighted by atomic mass is 10.00. The van der Waals surface area contributed by atoms with Crippen LogP contribution in [0.2, 0.25) is 0 Å². The molecule has 0 saturated heterocycles. The minimum absolute atomic E-state index is 0.710. The first-order valence-electron chi connectivity index (χ1n) is 4.07. The highest BCUT2D eigenvalue weighted by Crippen LogP contribution is 2.16. The van der Waals surface area contributed by atoms with Crippen molar-refractivity contribution in [1.29, 1.82) is 0 Å². The summed E-state index contributed by atoms with van der Waals surface area (Å²) in [6.07, 6.45) is 4.57. The fourth-order valence-corrected chi connectivity index (χ4v) is 1.25. The minimum atomic E-state index is 0.710. The smallest absolute Gasteiger partial charge is 0.0503 e. The Hall–Kier alpha value is -0.300. The highest BCUT2D eigenvalue weighted by Gasteiger charge is 2.05. The number of rotatable bonds is 1. The van der Waals surface area contributed by atoms with Crippen molar-refractivity contribution in [3.63, 3.8) is 0 Å². The van der Waals surface area contributed by atoms with Crippen LogP contribution in [0, 0.1) is 5.92 Å². The monoisotopic (exact) mass is 140 g/mol. The van der Waals surface area contributed by atoms with Gasteiger partial charge in [-0.05, 0) is 18.8 Å². The van der Waals surface area contributed by atoms with Crippen molar-refractivity contribution >= 4 is 0 Å². The van der Waals surface area contributed by atoms with E-state index in [2.05, 4.69) is 19.9 Å². The molecule has 0 aromatic heterocycles. The van der Waals surface area contributed by atoms with Gasteiger partial charge in [-0.3, -0.25) is 0 Å². The highest BCUT2D eigenvalue weighted by atomic mass is 16.5. The van der Waals surface area contributed by atoms with Crippen LogP contribution in [0.3, 0.4) is 0 Å². The number of ether oxygens (including phenoxy) is 1. The van der Waals surface area contributed by atoms with Gasteiger partial charge in [0.05, 0.1) is 13.2 Å². The Morgan fingerprint density at radius 1 is 1.40 bits per heavy atom. The summed E-state index contributed by atoms with van der Waals surface area (Å²) in [6, 6.07) is 0. The predicted molar refractivity (Wildman–Crippen MR) is 43.0 cm³/mol. The van der Waals surface area contributed by atoms with E-state index in [1.54, 1.807) is 5.57 Å². The number of hydrogen-bond donors (Lipinski definition) is 0. The van der Waals surface area contributed by atoms with E-state index in [-0.39, 0.29) is 0 Å². The lowest BCUT2D eigenvalue weighted by Gasteiger charge is -2.07. The lowest BCUT2D eigenvalue weighted by molar-refractivity contribution is 0.146. The zero-order valence-electron chi connectivity index (χ0n) is 6.89. The molecule has 1 rings (SSSR count). The van der Waals surface area contributed by atoms with Gasteiger partial charge in [0.25, 0.3) is 0 Å². The van der Waals surface area contributed by atoms with Crippen molar-refractivity contribution in [2.24, 2.45) is 5.92 Å². The number of hydrogen-bond acceptors (Lipinski definition) is 1. The molecule has 10 heavy (non-hydrogen) atoms. The molecular formula is C9H16O. The zero-order chi connectivity index (χ0) is 7.40. The summed E-state index contributed by atoms with van der Waals surface area (Å²) in [5.41, 5.74) is 1.57. The Kier molecular flexibility index (Phi) is 2.94. The van der Waals surface area contributed by atoms with Gasteiger partial charge in [-0.2, -0.15) is 0 Å². The van der Waals surface area contributed by atoms with Crippen molar-refractivity contribution in [2.75, 3.05) is 13.2 Å². The molecule has 0 aliphatic carbocycles. The van der Waals surface area contributed by atoms with Crippen molar-refractivity contribution in [1.82, 2.24) is 0 Å². The largest absolute Gasteiger partial charge is 0.381 e. The molecule has 0 saturated carbocycles. The summed E-state index contributed by atoms with van der Waals surface area (Å²) in [7, 11) is 0. The average molecular weight is 140 g/mol. The van der Waals surface area contributed by atoms with Crippen LogP contribution in [0.1, 0.15) is 26.7 Å². The molecule has 0 bridgehead atoms. The van der Waals surface area contributed by atoms with Gasteiger partial charge < -0.3 is 4.74 Å². The topological polar surface area (TPSA) is 9.23 Å². The summed E-state index contributed by atoms with van der Waals surface area (Å²) >= 11 is 0. The first-order valence-corrected chi connectivity index (χ1v) is 4.07. The molecule has 0 aromatic carbocycles. The Bertz CT molecular complexity index is 125. The Labute approximate surface area is 63.1 Å². The van der Waals surface area contributed by atoms with E-state index < -0.39 is 0 Å². The third-order valence-corrected chi connectivity index (χ3v) is 1.95. The van der Waals surface area contributed by atoms with E-state index in [0.717, 1.165) is 26.1 Å². The van der Waals surface area contributed by atoms with E-state index >= 15 is 0 Å². The van der Waals surface area contributed by atoms with Crippen molar-refractivity contribution in [2.45, 2.75) is 26.7 Å². The van der Waals surface area contributed by atoms with Gasteiger partial charge in [0.15, 0.2) is 0 Å².